The molecule has 2 rings (SSSR count). The normalized spacial score (nSPS) is 19.9. The quantitative estimate of drug-likeness (QED) is 0.771. The number of hydrogen-bond donors (Lipinski definition) is 2. The Balaban J connectivity index is 1.82. The van der Waals surface area contributed by atoms with Gasteiger partial charge >= 0.3 is 6.01 Å². The number of hydrogen-bond acceptors (Lipinski definition) is 5. The van der Waals surface area contributed by atoms with Crippen LogP contribution in [0.2, 0.25) is 0 Å². The van der Waals surface area contributed by atoms with Crippen molar-refractivity contribution in [3.8, 4) is 0 Å². The third-order valence-corrected chi connectivity index (χ3v) is 2.83. The highest BCUT2D eigenvalue weighted by Crippen LogP contribution is 2.36. The van der Waals surface area contributed by atoms with E-state index in [1.165, 1.54) is 12.8 Å². The molecule has 1 saturated carbocycles. The van der Waals surface area contributed by atoms with E-state index >= 15 is 0 Å². The Bertz CT molecular complexity index is 319. The molecule has 0 aliphatic heterocycles. The van der Waals surface area contributed by atoms with Crippen LogP contribution in [0, 0.1) is 11.8 Å². The second-order valence-electron chi connectivity index (χ2n) is 4.43. The number of nitrogens with two attached hydrogens (primary N) is 1. The minimum absolute atomic E-state index is 0.200. The first-order chi connectivity index (χ1) is 7.16. The standard InChI is InChI=1S/C10H18N4O/c1-6(8-3-4-8)5-12-10-14-13-9(15-10)7(2)11/h6-8H,3-5,11H2,1-2H3,(H,12,14). The van der Waals surface area contributed by atoms with Crippen molar-refractivity contribution < 1.29 is 4.42 Å². The smallest absolute Gasteiger partial charge is 0.315 e. The average Bonchev–Trinajstić information content (AvgIpc) is 2.93. The molecule has 0 radical (unpaired) electrons. The highest BCUT2D eigenvalue weighted by Gasteiger charge is 2.27. The third kappa shape index (κ3) is 2.68. The molecule has 0 amide bonds. The highest BCUT2D eigenvalue weighted by molar-refractivity contribution is 5.17. The molecule has 0 saturated heterocycles. The van der Waals surface area contributed by atoms with Crippen molar-refractivity contribution in [2.75, 3.05) is 11.9 Å². The molecule has 5 nitrogen and oxygen atoms in total. The number of nitrogens with one attached hydrogen (secondary N) is 1. The summed E-state index contributed by atoms with van der Waals surface area (Å²) in [5.41, 5.74) is 5.62. The van der Waals surface area contributed by atoms with Crippen LogP contribution in [-0.4, -0.2) is 16.7 Å². The Morgan fingerprint density at radius 1 is 1.47 bits per heavy atom. The van der Waals surface area contributed by atoms with Gasteiger partial charge in [-0.15, -0.1) is 5.10 Å². The number of aromatic nitrogens is 2. The molecule has 0 aromatic carbocycles. The molecule has 1 aliphatic carbocycles. The number of nitrogens with zero attached hydrogens (tertiary/aromatic N) is 2. The fourth-order valence-electron chi connectivity index (χ4n) is 1.57. The molecule has 1 aliphatic rings. The maximum Gasteiger partial charge on any atom is 0.315 e. The molecule has 15 heavy (non-hydrogen) atoms. The molecule has 2 unspecified atom stereocenters. The largest absolute Gasteiger partial charge is 0.406 e. The van der Waals surface area contributed by atoms with Crippen LogP contribution in [0.15, 0.2) is 4.42 Å². The van der Waals surface area contributed by atoms with E-state index in [0.29, 0.717) is 17.8 Å². The fourth-order valence-corrected chi connectivity index (χ4v) is 1.57. The van der Waals surface area contributed by atoms with Crippen LogP contribution in [0.5, 0.6) is 0 Å². The van der Waals surface area contributed by atoms with Gasteiger partial charge in [-0.25, -0.2) is 0 Å². The Hall–Kier alpha value is -1.10. The summed E-state index contributed by atoms with van der Waals surface area (Å²) in [4.78, 5) is 0. The molecule has 2 atom stereocenters. The van der Waals surface area contributed by atoms with E-state index in [9.17, 15) is 0 Å². The molecule has 84 valence electrons. The molecule has 0 spiro atoms. The molecule has 3 N–H and O–H groups in total. The first-order valence-corrected chi connectivity index (χ1v) is 5.49. The van der Waals surface area contributed by atoms with Gasteiger partial charge in [0, 0.05) is 6.54 Å². The zero-order valence-corrected chi connectivity index (χ0v) is 9.23. The lowest BCUT2D eigenvalue weighted by atomic mass is 10.1. The van der Waals surface area contributed by atoms with Gasteiger partial charge in [0.15, 0.2) is 0 Å². The fraction of sp³-hybridized carbons (Fsp3) is 0.800. The summed E-state index contributed by atoms with van der Waals surface area (Å²) in [7, 11) is 0. The van der Waals surface area contributed by atoms with Crippen LogP contribution in [0.1, 0.15) is 38.6 Å². The lowest BCUT2D eigenvalue weighted by Crippen LogP contribution is -2.13. The summed E-state index contributed by atoms with van der Waals surface area (Å²) in [5.74, 6) is 2.04. The molecular weight excluding hydrogens is 192 g/mol. The van der Waals surface area contributed by atoms with Crippen LogP contribution >= 0.6 is 0 Å². The minimum Gasteiger partial charge on any atom is -0.406 e. The topological polar surface area (TPSA) is 77.0 Å². The van der Waals surface area contributed by atoms with Crippen LogP contribution in [0.25, 0.3) is 0 Å². The van der Waals surface area contributed by atoms with E-state index in [1.54, 1.807) is 0 Å². The summed E-state index contributed by atoms with van der Waals surface area (Å²) in [5, 5.41) is 10.9. The summed E-state index contributed by atoms with van der Waals surface area (Å²) < 4.78 is 5.34. The molecule has 0 bridgehead atoms. The van der Waals surface area contributed by atoms with Gasteiger partial charge in [0.25, 0.3) is 0 Å². The van der Waals surface area contributed by atoms with Crippen molar-refractivity contribution in [3.63, 3.8) is 0 Å². The predicted octanol–water partition coefficient (Wildman–Crippen LogP) is 1.55. The summed E-state index contributed by atoms with van der Waals surface area (Å²) in [6.07, 6.45) is 2.72. The Labute approximate surface area is 89.4 Å². The van der Waals surface area contributed by atoms with Crippen molar-refractivity contribution in [1.29, 1.82) is 0 Å². The molecule has 1 fully saturated rings. The maximum atomic E-state index is 5.62. The summed E-state index contributed by atoms with van der Waals surface area (Å²) >= 11 is 0. The van der Waals surface area contributed by atoms with Gasteiger partial charge in [0.05, 0.1) is 6.04 Å². The van der Waals surface area contributed by atoms with Crippen LogP contribution in [0.4, 0.5) is 6.01 Å². The van der Waals surface area contributed by atoms with Crippen LogP contribution < -0.4 is 11.1 Å². The molecule has 1 aromatic rings. The molecule has 5 heteroatoms. The van der Waals surface area contributed by atoms with Gasteiger partial charge in [-0.2, -0.15) is 0 Å². The van der Waals surface area contributed by atoms with Gasteiger partial charge in [-0.1, -0.05) is 12.0 Å². The lowest BCUT2D eigenvalue weighted by Gasteiger charge is -2.08. The Morgan fingerprint density at radius 3 is 2.73 bits per heavy atom. The van der Waals surface area contributed by atoms with E-state index in [0.717, 1.165) is 12.5 Å². The highest BCUT2D eigenvalue weighted by atomic mass is 16.4. The number of rotatable bonds is 5. The lowest BCUT2D eigenvalue weighted by molar-refractivity contribution is 0.464. The van der Waals surface area contributed by atoms with Gasteiger partial charge < -0.3 is 15.5 Å². The van der Waals surface area contributed by atoms with Crippen molar-refractivity contribution >= 4 is 6.01 Å². The summed E-state index contributed by atoms with van der Waals surface area (Å²) in [6.45, 7) is 4.96. The van der Waals surface area contributed by atoms with E-state index in [1.807, 2.05) is 6.92 Å². The zero-order valence-electron chi connectivity index (χ0n) is 9.23. The summed E-state index contributed by atoms with van der Waals surface area (Å²) in [6, 6.07) is 0.281. The SMILES string of the molecule is CC(N)c1nnc(NCC(C)C2CC2)o1. The maximum absolute atomic E-state index is 5.62. The first kappa shape index (κ1) is 10.4. The van der Waals surface area contributed by atoms with E-state index in [2.05, 4.69) is 22.4 Å². The molecule has 1 aromatic heterocycles. The van der Waals surface area contributed by atoms with E-state index in [-0.39, 0.29) is 6.04 Å². The van der Waals surface area contributed by atoms with Crippen molar-refractivity contribution in [2.45, 2.75) is 32.7 Å². The minimum atomic E-state index is -0.200. The van der Waals surface area contributed by atoms with E-state index < -0.39 is 0 Å². The monoisotopic (exact) mass is 210 g/mol. The van der Waals surface area contributed by atoms with E-state index in [4.69, 9.17) is 10.2 Å². The van der Waals surface area contributed by atoms with Gasteiger partial charge in [-0.05, 0) is 31.6 Å². The van der Waals surface area contributed by atoms with Gasteiger partial charge in [0.1, 0.15) is 0 Å². The second-order valence-corrected chi connectivity index (χ2v) is 4.43. The average molecular weight is 210 g/mol. The zero-order chi connectivity index (χ0) is 10.8. The van der Waals surface area contributed by atoms with Crippen molar-refractivity contribution in [1.82, 2.24) is 10.2 Å². The second kappa shape index (κ2) is 4.18. The Morgan fingerprint density at radius 2 is 2.20 bits per heavy atom. The molecular formula is C10H18N4O. The third-order valence-electron chi connectivity index (χ3n) is 2.83. The Kier molecular flexibility index (Phi) is 2.90. The van der Waals surface area contributed by atoms with Crippen LogP contribution in [-0.2, 0) is 0 Å². The van der Waals surface area contributed by atoms with Crippen molar-refractivity contribution in [3.05, 3.63) is 5.89 Å². The van der Waals surface area contributed by atoms with Gasteiger partial charge in [-0.3, -0.25) is 0 Å². The van der Waals surface area contributed by atoms with Crippen molar-refractivity contribution in [2.24, 2.45) is 17.6 Å². The first-order valence-electron chi connectivity index (χ1n) is 5.49. The van der Waals surface area contributed by atoms with Crippen LogP contribution in [0.3, 0.4) is 0 Å². The predicted molar refractivity (Wildman–Crippen MR) is 57.3 cm³/mol. The molecule has 1 heterocycles. The number of anilines is 1. The van der Waals surface area contributed by atoms with Gasteiger partial charge in [0.2, 0.25) is 5.89 Å².